The molecule has 4 unspecified atom stereocenters. The molecular weight excluding hydrogens is 290 g/mol. The molecule has 2 aliphatic carbocycles. The average Bonchev–Trinajstić information content (AvgIpc) is 2.58. The predicted molar refractivity (Wildman–Crippen MR) is 107 cm³/mol. The molecule has 0 aliphatic heterocycles. The maximum Gasteiger partial charge on any atom is 0.0317 e. The molecule has 0 spiro atoms. The topological polar surface area (TPSA) is 3.24 Å². The average molecular weight is 326 g/mol. The minimum absolute atomic E-state index is 0.537. The standard InChI is InChI=1S/C23H35N/c1-19(13-16-22-12-8-6-10-20(22)2)9-5-7-11-21-14-17-23(18-15-21)24(3)4/h5,8-9,12-14,16-22H,6-7,10-11,15H2,1-4H3/b9-5+,16-13-. The summed E-state index contributed by atoms with van der Waals surface area (Å²) in [6.07, 6.45) is 27.4. The van der Waals surface area contributed by atoms with Crippen LogP contribution >= 0.6 is 0 Å². The van der Waals surface area contributed by atoms with E-state index < -0.39 is 0 Å². The van der Waals surface area contributed by atoms with Gasteiger partial charge < -0.3 is 4.90 Å². The van der Waals surface area contributed by atoms with Gasteiger partial charge in [0, 0.05) is 19.8 Å². The van der Waals surface area contributed by atoms with E-state index in [0.717, 1.165) is 5.92 Å². The number of rotatable bonds is 7. The SMILES string of the molecule is CC(/C=C\C1C=CCCC1C)/C=C/CCC1C=CC(N(C)C)=CC1. The van der Waals surface area contributed by atoms with Gasteiger partial charge in [-0.05, 0) is 61.9 Å². The summed E-state index contributed by atoms with van der Waals surface area (Å²) in [6.45, 7) is 4.66. The van der Waals surface area contributed by atoms with E-state index in [0.29, 0.717) is 17.8 Å². The Kier molecular flexibility index (Phi) is 7.62. The van der Waals surface area contributed by atoms with Crippen LogP contribution in [0.3, 0.4) is 0 Å². The molecule has 0 aromatic carbocycles. The van der Waals surface area contributed by atoms with Gasteiger partial charge in [0.1, 0.15) is 0 Å². The fraction of sp³-hybridized carbons (Fsp3) is 0.565. The molecule has 0 bridgehead atoms. The summed E-state index contributed by atoms with van der Waals surface area (Å²) >= 11 is 0. The zero-order chi connectivity index (χ0) is 17.4. The van der Waals surface area contributed by atoms with Gasteiger partial charge in [-0.15, -0.1) is 0 Å². The first kappa shape index (κ1) is 18.8. The molecule has 0 N–H and O–H groups in total. The van der Waals surface area contributed by atoms with Gasteiger partial charge in [0.15, 0.2) is 0 Å². The van der Waals surface area contributed by atoms with Gasteiger partial charge in [0.05, 0.1) is 0 Å². The van der Waals surface area contributed by atoms with Gasteiger partial charge in [-0.3, -0.25) is 0 Å². The summed E-state index contributed by atoms with van der Waals surface area (Å²) in [5.74, 6) is 2.67. The first-order chi connectivity index (χ1) is 11.6. The smallest absolute Gasteiger partial charge is 0.0317 e. The molecule has 0 amide bonds. The van der Waals surface area contributed by atoms with Crippen molar-refractivity contribution in [1.29, 1.82) is 0 Å². The number of allylic oxidation sites excluding steroid dienone is 9. The summed E-state index contributed by atoms with van der Waals surface area (Å²) < 4.78 is 0. The molecule has 132 valence electrons. The lowest BCUT2D eigenvalue weighted by atomic mass is 9.85. The van der Waals surface area contributed by atoms with Gasteiger partial charge in [-0.1, -0.05) is 62.5 Å². The van der Waals surface area contributed by atoms with Crippen LogP contribution in [0.2, 0.25) is 0 Å². The van der Waals surface area contributed by atoms with E-state index in [-0.39, 0.29) is 0 Å². The molecule has 24 heavy (non-hydrogen) atoms. The third kappa shape index (κ3) is 6.19. The molecular formula is C23H35N. The quantitative estimate of drug-likeness (QED) is 0.508. The van der Waals surface area contributed by atoms with Crippen molar-refractivity contribution >= 4 is 0 Å². The zero-order valence-corrected chi connectivity index (χ0v) is 16.0. The maximum absolute atomic E-state index is 2.41. The van der Waals surface area contributed by atoms with Crippen molar-refractivity contribution in [2.24, 2.45) is 23.7 Å². The molecule has 0 saturated carbocycles. The lowest BCUT2D eigenvalue weighted by Gasteiger charge is -2.21. The zero-order valence-electron chi connectivity index (χ0n) is 16.0. The highest BCUT2D eigenvalue weighted by Gasteiger charge is 2.14. The van der Waals surface area contributed by atoms with Crippen molar-refractivity contribution in [2.75, 3.05) is 14.1 Å². The first-order valence-electron chi connectivity index (χ1n) is 9.63. The van der Waals surface area contributed by atoms with E-state index in [9.17, 15) is 0 Å². The van der Waals surface area contributed by atoms with E-state index >= 15 is 0 Å². The molecule has 0 heterocycles. The number of hydrogen-bond donors (Lipinski definition) is 0. The molecule has 2 aliphatic rings. The molecule has 0 aromatic heterocycles. The van der Waals surface area contributed by atoms with Crippen molar-refractivity contribution in [1.82, 2.24) is 4.90 Å². The number of nitrogens with zero attached hydrogens (tertiary/aromatic N) is 1. The molecule has 1 heteroatoms. The van der Waals surface area contributed by atoms with Crippen LogP contribution in [-0.4, -0.2) is 19.0 Å². The summed E-state index contributed by atoms with van der Waals surface area (Å²) in [6, 6.07) is 0. The van der Waals surface area contributed by atoms with Crippen LogP contribution in [0.1, 0.15) is 46.0 Å². The molecule has 0 radical (unpaired) electrons. The van der Waals surface area contributed by atoms with Crippen LogP contribution in [-0.2, 0) is 0 Å². The van der Waals surface area contributed by atoms with Crippen molar-refractivity contribution in [3.63, 3.8) is 0 Å². The Balaban J connectivity index is 1.68. The maximum atomic E-state index is 2.41. The minimum Gasteiger partial charge on any atom is -0.378 e. The fourth-order valence-electron chi connectivity index (χ4n) is 3.44. The van der Waals surface area contributed by atoms with Crippen LogP contribution in [0.25, 0.3) is 0 Å². The molecule has 4 atom stereocenters. The van der Waals surface area contributed by atoms with Crippen molar-refractivity contribution in [3.8, 4) is 0 Å². The summed E-state index contributed by atoms with van der Waals surface area (Å²) in [5.41, 5.74) is 1.34. The summed E-state index contributed by atoms with van der Waals surface area (Å²) in [5, 5.41) is 0. The summed E-state index contributed by atoms with van der Waals surface area (Å²) in [7, 11) is 4.22. The van der Waals surface area contributed by atoms with Gasteiger partial charge in [0.25, 0.3) is 0 Å². The Labute approximate surface area is 149 Å². The second-order valence-electron chi connectivity index (χ2n) is 7.69. The van der Waals surface area contributed by atoms with Gasteiger partial charge >= 0.3 is 0 Å². The largest absolute Gasteiger partial charge is 0.378 e. The lowest BCUT2D eigenvalue weighted by molar-refractivity contribution is 0.445. The summed E-state index contributed by atoms with van der Waals surface area (Å²) in [4.78, 5) is 2.18. The molecule has 0 saturated heterocycles. The van der Waals surface area contributed by atoms with E-state index in [1.165, 1.54) is 37.8 Å². The van der Waals surface area contributed by atoms with Crippen LogP contribution in [0.4, 0.5) is 0 Å². The lowest BCUT2D eigenvalue weighted by Crippen LogP contribution is -2.12. The van der Waals surface area contributed by atoms with E-state index in [4.69, 9.17) is 0 Å². The highest BCUT2D eigenvalue weighted by Crippen LogP contribution is 2.26. The Bertz CT molecular complexity index is 518. The highest BCUT2D eigenvalue weighted by atomic mass is 15.1. The van der Waals surface area contributed by atoms with Gasteiger partial charge in [0.2, 0.25) is 0 Å². The van der Waals surface area contributed by atoms with Crippen molar-refractivity contribution in [3.05, 3.63) is 60.4 Å². The van der Waals surface area contributed by atoms with Crippen LogP contribution in [0, 0.1) is 23.7 Å². The molecule has 1 nitrogen and oxygen atoms in total. The van der Waals surface area contributed by atoms with Crippen LogP contribution < -0.4 is 0 Å². The highest BCUT2D eigenvalue weighted by molar-refractivity contribution is 5.22. The van der Waals surface area contributed by atoms with E-state index in [1.54, 1.807) is 0 Å². The Morgan fingerprint density at radius 3 is 2.75 bits per heavy atom. The molecule has 0 aromatic rings. The fourth-order valence-corrected chi connectivity index (χ4v) is 3.44. The van der Waals surface area contributed by atoms with Crippen molar-refractivity contribution in [2.45, 2.75) is 46.0 Å². The third-order valence-corrected chi connectivity index (χ3v) is 5.27. The van der Waals surface area contributed by atoms with Gasteiger partial charge in [-0.2, -0.15) is 0 Å². The number of likely N-dealkylation sites (N-methyl/N-ethyl adjacent to an activating group) is 1. The number of hydrogen-bond acceptors (Lipinski definition) is 1. The Morgan fingerprint density at radius 2 is 2.08 bits per heavy atom. The van der Waals surface area contributed by atoms with Crippen LogP contribution in [0.15, 0.2) is 60.4 Å². The Hall–Kier alpha value is -1.50. The third-order valence-electron chi connectivity index (χ3n) is 5.27. The van der Waals surface area contributed by atoms with E-state index in [2.05, 4.69) is 87.5 Å². The second-order valence-corrected chi connectivity index (χ2v) is 7.69. The predicted octanol–water partition coefficient (Wildman–Crippen LogP) is 6.14. The molecule has 0 fully saturated rings. The minimum atomic E-state index is 0.537. The first-order valence-corrected chi connectivity index (χ1v) is 9.63. The normalized spacial score (nSPS) is 28.5. The van der Waals surface area contributed by atoms with Crippen molar-refractivity contribution < 1.29 is 0 Å². The Morgan fingerprint density at radius 1 is 1.25 bits per heavy atom. The monoisotopic (exact) mass is 325 g/mol. The van der Waals surface area contributed by atoms with Crippen LogP contribution in [0.5, 0.6) is 0 Å². The van der Waals surface area contributed by atoms with E-state index in [1.807, 2.05) is 0 Å². The molecule has 2 rings (SSSR count). The second kappa shape index (κ2) is 9.71. The van der Waals surface area contributed by atoms with Gasteiger partial charge in [-0.25, -0.2) is 0 Å².